The van der Waals surface area contributed by atoms with Crippen molar-refractivity contribution in [1.82, 2.24) is 0 Å². The molecule has 0 aliphatic heterocycles. The predicted octanol–water partition coefficient (Wildman–Crippen LogP) is 2.76. The number of carboxylic acid groups (broad SMARTS) is 1. The molecule has 0 saturated heterocycles. The highest BCUT2D eigenvalue weighted by atomic mass is 19.4. The van der Waals surface area contributed by atoms with Crippen LogP contribution >= 0.6 is 0 Å². The van der Waals surface area contributed by atoms with Crippen molar-refractivity contribution < 1.29 is 36.6 Å². The first-order valence-corrected chi connectivity index (χ1v) is 4.10. The van der Waals surface area contributed by atoms with Crippen LogP contribution in [0.3, 0.4) is 0 Å². The van der Waals surface area contributed by atoms with Crippen molar-refractivity contribution in [3.05, 3.63) is 29.8 Å². The largest absolute Gasteiger partial charge is 0.501 e. The van der Waals surface area contributed by atoms with Crippen molar-refractivity contribution in [3.8, 4) is 5.75 Å². The van der Waals surface area contributed by atoms with Gasteiger partial charge in [0.15, 0.2) is 0 Å². The van der Waals surface area contributed by atoms with Gasteiger partial charge < -0.3 is 9.84 Å². The van der Waals surface area contributed by atoms with E-state index in [2.05, 4.69) is 4.74 Å². The Kier molecular flexibility index (Phi) is 3.25. The van der Waals surface area contributed by atoms with Gasteiger partial charge in [0.05, 0.1) is 5.56 Å². The second-order valence-corrected chi connectivity index (χ2v) is 2.95. The molecular weight excluding hydrogens is 250 g/mol. The maximum Gasteiger partial charge on any atom is 0.501 e. The van der Waals surface area contributed by atoms with Gasteiger partial charge in [0, 0.05) is 0 Å². The number of hydrogen-bond acceptors (Lipinski definition) is 2. The summed E-state index contributed by atoms with van der Waals surface area (Å²) >= 11 is 0. The Labute approximate surface area is 91.4 Å². The van der Waals surface area contributed by atoms with Crippen LogP contribution in [-0.4, -0.2) is 17.2 Å². The van der Waals surface area contributed by atoms with E-state index in [1.54, 1.807) is 0 Å². The topological polar surface area (TPSA) is 46.5 Å². The molecule has 1 rings (SSSR count). The Balaban J connectivity index is 2.86. The molecule has 1 unspecified atom stereocenters. The summed E-state index contributed by atoms with van der Waals surface area (Å²) in [5.74, 6) is -3.21. The maximum atomic E-state index is 12.5. The van der Waals surface area contributed by atoms with Crippen molar-refractivity contribution in [2.45, 2.75) is 12.3 Å². The molecule has 0 aliphatic rings. The number of carboxylic acids is 1. The summed E-state index contributed by atoms with van der Waals surface area (Å²) in [5, 5.41) is 8.03. The number of benzene rings is 1. The highest BCUT2D eigenvalue weighted by Gasteiger charge is 2.42. The maximum absolute atomic E-state index is 12.5. The number of hydrogen-bond donors (Lipinski definition) is 1. The second kappa shape index (κ2) is 4.19. The lowest BCUT2D eigenvalue weighted by Crippen LogP contribution is -2.34. The van der Waals surface area contributed by atoms with E-state index in [9.17, 15) is 26.7 Å². The van der Waals surface area contributed by atoms with Gasteiger partial charge in [0.1, 0.15) is 5.75 Å². The van der Waals surface area contributed by atoms with E-state index < -0.39 is 29.6 Å². The molecule has 0 bridgehead atoms. The van der Waals surface area contributed by atoms with E-state index in [0.29, 0.717) is 24.3 Å². The van der Waals surface area contributed by atoms with Crippen LogP contribution < -0.4 is 4.74 Å². The molecule has 0 radical (unpaired) electrons. The Morgan fingerprint density at radius 3 is 1.88 bits per heavy atom. The van der Waals surface area contributed by atoms with Gasteiger partial charge in [0.25, 0.3) is 0 Å². The number of halogens is 5. The van der Waals surface area contributed by atoms with Crippen molar-refractivity contribution in [2.75, 3.05) is 0 Å². The zero-order chi connectivity index (χ0) is 13.3. The molecule has 3 nitrogen and oxygen atoms in total. The minimum atomic E-state index is -4.60. The zero-order valence-corrected chi connectivity index (χ0v) is 7.96. The minimum absolute atomic E-state index is 0.507. The van der Waals surface area contributed by atoms with E-state index in [-0.39, 0.29) is 0 Å². The number of aliphatic carboxylic acids is 1. The zero-order valence-electron chi connectivity index (χ0n) is 7.96. The van der Waals surface area contributed by atoms with E-state index in [4.69, 9.17) is 5.11 Å². The summed E-state index contributed by atoms with van der Waals surface area (Å²) in [6, 6.07) is 2.24. The molecule has 0 heterocycles. The van der Waals surface area contributed by atoms with Crippen LogP contribution in [0.25, 0.3) is 0 Å². The molecule has 1 aromatic carbocycles. The van der Waals surface area contributed by atoms with Crippen molar-refractivity contribution >= 4 is 5.97 Å². The van der Waals surface area contributed by atoms with Crippen LogP contribution in [0.4, 0.5) is 22.0 Å². The molecule has 0 saturated carbocycles. The molecular formula is C9H5F5O3. The van der Waals surface area contributed by atoms with Crippen LogP contribution in [0.1, 0.15) is 5.56 Å². The molecule has 0 aliphatic carbocycles. The molecule has 1 aromatic rings. The monoisotopic (exact) mass is 255 g/mol. The first-order valence-electron chi connectivity index (χ1n) is 4.10. The van der Waals surface area contributed by atoms with Gasteiger partial charge in [-0.05, 0) is 24.3 Å². The fourth-order valence-corrected chi connectivity index (χ4v) is 0.904. The Hall–Kier alpha value is -1.86. The lowest BCUT2D eigenvalue weighted by Gasteiger charge is -2.13. The highest BCUT2D eigenvalue weighted by molar-refractivity contribution is 5.73. The molecule has 0 amide bonds. The van der Waals surface area contributed by atoms with Crippen LogP contribution in [0.2, 0.25) is 0 Å². The van der Waals surface area contributed by atoms with Crippen LogP contribution in [0, 0.1) is 0 Å². The number of ether oxygens (including phenoxy) is 1. The van der Waals surface area contributed by atoms with E-state index in [0.717, 1.165) is 0 Å². The molecule has 1 N–H and O–H groups in total. The smallest absolute Gasteiger partial charge is 0.474 e. The van der Waals surface area contributed by atoms with E-state index in [1.807, 2.05) is 0 Å². The number of carbonyl (C=O) groups is 1. The van der Waals surface area contributed by atoms with Crippen molar-refractivity contribution in [3.63, 3.8) is 0 Å². The van der Waals surface area contributed by atoms with Crippen molar-refractivity contribution in [1.29, 1.82) is 0 Å². The first kappa shape index (κ1) is 13.2. The number of alkyl halides is 5. The third kappa shape index (κ3) is 3.30. The molecule has 17 heavy (non-hydrogen) atoms. The van der Waals surface area contributed by atoms with Crippen LogP contribution in [0.15, 0.2) is 24.3 Å². The Morgan fingerprint density at radius 1 is 1.06 bits per heavy atom. The third-order valence-electron chi connectivity index (χ3n) is 1.68. The van der Waals surface area contributed by atoms with Gasteiger partial charge in [-0.2, -0.15) is 22.0 Å². The summed E-state index contributed by atoms with van der Waals surface area (Å²) in [6.45, 7) is 0. The quantitative estimate of drug-likeness (QED) is 0.845. The summed E-state index contributed by atoms with van der Waals surface area (Å²) in [4.78, 5) is 10.00. The van der Waals surface area contributed by atoms with Gasteiger partial charge in [-0.1, -0.05) is 0 Å². The highest BCUT2D eigenvalue weighted by Crippen LogP contribution is 2.31. The average Bonchev–Trinajstić information content (AvgIpc) is 2.16. The van der Waals surface area contributed by atoms with Gasteiger partial charge >= 0.3 is 18.3 Å². The third-order valence-corrected chi connectivity index (χ3v) is 1.68. The SMILES string of the molecule is O=C(O)C(F)([18F])Oc1ccc(C(F)(F)F)cc1. The Morgan fingerprint density at radius 2 is 1.53 bits per heavy atom. The molecule has 8 heteroatoms. The fraction of sp³-hybridized carbons (Fsp3) is 0.222. The summed E-state index contributed by atoms with van der Waals surface area (Å²) in [5.41, 5.74) is -1.05. The van der Waals surface area contributed by atoms with Gasteiger partial charge in [-0.15, -0.1) is 0 Å². The lowest BCUT2D eigenvalue weighted by atomic mass is 10.2. The minimum Gasteiger partial charge on any atom is -0.474 e. The van der Waals surface area contributed by atoms with Gasteiger partial charge in [0.2, 0.25) is 0 Å². The van der Waals surface area contributed by atoms with Crippen molar-refractivity contribution in [2.24, 2.45) is 0 Å². The average molecular weight is 255 g/mol. The molecule has 1 atom stereocenters. The standard InChI is InChI=1S/C9H5F5O3/c10-8(11,12)5-1-3-6(4-2-5)17-9(13,14)7(15)16/h1-4H,(H,15,16)/i13-1. The Bertz CT molecular complexity index is 410. The summed E-state index contributed by atoms with van der Waals surface area (Å²) in [7, 11) is 0. The van der Waals surface area contributed by atoms with Gasteiger partial charge in [-0.3, -0.25) is 0 Å². The van der Waals surface area contributed by atoms with Gasteiger partial charge in [-0.25, -0.2) is 4.79 Å². The van der Waals surface area contributed by atoms with Crippen LogP contribution in [0.5, 0.6) is 5.75 Å². The second-order valence-electron chi connectivity index (χ2n) is 2.95. The van der Waals surface area contributed by atoms with Crippen LogP contribution in [-0.2, 0) is 11.0 Å². The first-order chi connectivity index (χ1) is 7.63. The normalized spacial score (nSPS) is 15.1. The van der Waals surface area contributed by atoms with E-state index >= 15 is 0 Å². The predicted molar refractivity (Wildman–Crippen MR) is 44.7 cm³/mol. The molecule has 0 fully saturated rings. The molecule has 94 valence electrons. The summed E-state index contributed by atoms with van der Waals surface area (Å²) in [6.07, 6.45) is -9.09. The molecule has 0 spiro atoms. The molecule has 0 aromatic heterocycles. The lowest BCUT2D eigenvalue weighted by molar-refractivity contribution is -0.210. The van der Waals surface area contributed by atoms with E-state index in [1.165, 1.54) is 0 Å². The fourth-order valence-electron chi connectivity index (χ4n) is 0.904. The number of rotatable bonds is 3. The summed E-state index contributed by atoms with van der Waals surface area (Å²) < 4.78 is 65.1.